The molecule has 0 unspecified atom stereocenters. The molecule has 0 atom stereocenters. The maximum absolute atomic E-state index is 8.11. The monoisotopic (exact) mass is 148 g/mol. The lowest BCUT2D eigenvalue weighted by Gasteiger charge is -1.98. The van der Waals surface area contributed by atoms with E-state index in [4.69, 9.17) is 11.3 Å². The number of anilines is 1. The summed E-state index contributed by atoms with van der Waals surface area (Å²) in [5.74, 6) is 0. The van der Waals surface area contributed by atoms with Crippen LogP contribution in [0.1, 0.15) is 5.56 Å². The summed E-state index contributed by atoms with van der Waals surface area (Å²) in [7, 11) is 0. The average molecular weight is 148 g/mol. The second-order valence-electron chi connectivity index (χ2n) is 2.23. The summed E-state index contributed by atoms with van der Waals surface area (Å²) in [6.07, 6.45) is 0. The zero-order valence-electron chi connectivity index (χ0n) is 6.15. The molecule has 0 radical (unpaired) electrons. The van der Waals surface area contributed by atoms with Gasteiger partial charge in [0.25, 0.3) is 0 Å². The van der Waals surface area contributed by atoms with Crippen molar-refractivity contribution in [3.05, 3.63) is 34.2 Å². The van der Waals surface area contributed by atoms with Gasteiger partial charge >= 0.3 is 0 Å². The van der Waals surface area contributed by atoms with Crippen LogP contribution in [-0.2, 0) is 0 Å². The Morgan fingerprint density at radius 2 is 2.27 bits per heavy atom. The van der Waals surface area contributed by atoms with E-state index in [2.05, 4.69) is 10.0 Å². The Bertz CT molecular complexity index is 312. The number of hydrogen-bond acceptors (Lipinski definition) is 2. The Kier molecular flexibility index (Phi) is 1.99. The quantitative estimate of drug-likeness (QED) is 0.282. The van der Waals surface area contributed by atoms with Gasteiger partial charge in [-0.05, 0) is 30.2 Å². The van der Waals surface area contributed by atoms with Crippen LogP contribution in [0.25, 0.3) is 10.4 Å². The summed E-state index contributed by atoms with van der Waals surface area (Å²) in [5, 5.41) is 3.43. The summed E-state index contributed by atoms with van der Waals surface area (Å²) in [5.41, 5.74) is 15.9. The van der Waals surface area contributed by atoms with Crippen molar-refractivity contribution in [2.45, 2.75) is 6.92 Å². The molecule has 11 heavy (non-hydrogen) atoms. The van der Waals surface area contributed by atoms with Crippen LogP contribution in [0.2, 0.25) is 0 Å². The van der Waals surface area contributed by atoms with Crippen LogP contribution >= 0.6 is 0 Å². The molecule has 0 aliphatic carbocycles. The standard InChI is InChI=1S/C7H8N4/c1-5-4-6(10-11-9)2-3-7(5)8/h2-4H,8H2,1H3. The molecule has 0 aliphatic heterocycles. The molecular formula is C7H8N4. The molecule has 0 aliphatic rings. The topological polar surface area (TPSA) is 74.8 Å². The van der Waals surface area contributed by atoms with E-state index in [1.807, 2.05) is 6.92 Å². The van der Waals surface area contributed by atoms with Crippen molar-refractivity contribution in [1.82, 2.24) is 0 Å². The van der Waals surface area contributed by atoms with Gasteiger partial charge in [0.05, 0.1) is 0 Å². The lowest BCUT2D eigenvalue weighted by Crippen LogP contribution is -1.86. The number of nitrogen functional groups attached to an aromatic ring is 1. The molecule has 0 heterocycles. The molecule has 4 heteroatoms. The van der Waals surface area contributed by atoms with E-state index in [1.165, 1.54) is 0 Å². The second-order valence-corrected chi connectivity index (χ2v) is 2.23. The Morgan fingerprint density at radius 1 is 1.55 bits per heavy atom. The molecule has 1 aromatic carbocycles. The number of rotatable bonds is 1. The molecule has 0 aromatic heterocycles. The summed E-state index contributed by atoms with van der Waals surface area (Å²) >= 11 is 0. The summed E-state index contributed by atoms with van der Waals surface area (Å²) in [6.45, 7) is 1.87. The molecule has 0 amide bonds. The van der Waals surface area contributed by atoms with Crippen molar-refractivity contribution >= 4 is 11.4 Å². The first kappa shape index (κ1) is 7.44. The maximum atomic E-state index is 8.11. The van der Waals surface area contributed by atoms with Gasteiger partial charge in [-0.15, -0.1) is 0 Å². The van der Waals surface area contributed by atoms with Crippen molar-refractivity contribution in [1.29, 1.82) is 0 Å². The summed E-state index contributed by atoms with van der Waals surface area (Å²) in [4.78, 5) is 2.66. The molecule has 0 fully saturated rings. The van der Waals surface area contributed by atoms with Gasteiger partial charge in [-0.1, -0.05) is 11.2 Å². The minimum absolute atomic E-state index is 0.596. The van der Waals surface area contributed by atoms with Crippen molar-refractivity contribution in [2.24, 2.45) is 5.11 Å². The highest BCUT2D eigenvalue weighted by Crippen LogP contribution is 2.18. The van der Waals surface area contributed by atoms with Crippen LogP contribution in [0.4, 0.5) is 11.4 Å². The first-order chi connectivity index (χ1) is 5.24. The highest BCUT2D eigenvalue weighted by atomic mass is 15.1. The first-order valence-corrected chi connectivity index (χ1v) is 3.15. The van der Waals surface area contributed by atoms with E-state index in [0.29, 0.717) is 11.4 Å². The van der Waals surface area contributed by atoms with Crippen LogP contribution in [0, 0.1) is 6.92 Å². The summed E-state index contributed by atoms with van der Waals surface area (Å²) < 4.78 is 0. The SMILES string of the molecule is Cc1cc(N=[N+]=[N-])ccc1N. The van der Waals surface area contributed by atoms with Gasteiger partial charge in [0, 0.05) is 16.3 Å². The highest BCUT2D eigenvalue weighted by Gasteiger charge is 1.92. The van der Waals surface area contributed by atoms with Crippen LogP contribution in [0.15, 0.2) is 23.3 Å². The molecule has 56 valence electrons. The van der Waals surface area contributed by atoms with Crippen molar-refractivity contribution < 1.29 is 0 Å². The molecule has 4 nitrogen and oxygen atoms in total. The molecule has 1 aromatic rings. The van der Waals surface area contributed by atoms with Gasteiger partial charge in [0.2, 0.25) is 0 Å². The molecular weight excluding hydrogens is 140 g/mol. The third-order valence-corrected chi connectivity index (χ3v) is 1.41. The van der Waals surface area contributed by atoms with Gasteiger partial charge in [-0.3, -0.25) is 0 Å². The maximum Gasteiger partial charge on any atom is 0.0379 e. The predicted molar refractivity (Wildman–Crippen MR) is 44.4 cm³/mol. The highest BCUT2D eigenvalue weighted by molar-refractivity contribution is 5.53. The number of nitrogens with zero attached hydrogens (tertiary/aromatic N) is 3. The molecule has 0 bridgehead atoms. The zero-order valence-corrected chi connectivity index (χ0v) is 6.15. The second kappa shape index (κ2) is 2.94. The number of benzene rings is 1. The van der Waals surface area contributed by atoms with Gasteiger partial charge in [0.15, 0.2) is 0 Å². The number of hydrogen-bond donors (Lipinski definition) is 1. The Morgan fingerprint density at radius 3 is 2.82 bits per heavy atom. The van der Waals surface area contributed by atoms with E-state index < -0.39 is 0 Å². The molecule has 0 saturated carbocycles. The van der Waals surface area contributed by atoms with E-state index in [0.717, 1.165) is 5.56 Å². The van der Waals surface area contributed by atoms with Crippen molar-refractivity contribution in [3.8, 4) is 0 Å². The van der Waals surface area contributed by atoms with E-state index >= 15 is 0 Å². The Hall–Kier alpha value is -1.67. The molecule has 0 saturated heterocycles. The third kappa shape index (κ3) is 1.63. The Labute approximate surface area is 64.3 Å². The fraction of sp³-hybridized carbons (Fsp3) is 0.143. The van der Waals surface area contributed by atoms with E-state index in [9.17, 15) is 0 Å². The van der Waals surface area contributed by atoms with Crippen LogP contribution < -0.4 is 5.73 Å². The molecule has 2 N–H and O–H groups in total. The van der Waals surface area contributed by atoms with Crippen molar-refractivity contribution in [2.75, 3.05) is 5.73 Å². The largest absolute Gasteiger partial charge is 0.399 e. The van der Waals surface area contributed by atoms with Gasteiger partial charge in [-0.2, -0.15) is 0 Å². The molecule has 0 spiro atoms. The van der Waals surface area contributed by atoms with Crippen LogP contribution in [0.5, 0.6) is 0 Å². The van der Waals surface area contributed by atoms with Gasteiger partial charge in [-0.25, -0.2) is 0 Å². The van der Waals surface area contributed by atoms with Crippen molar-refractivity contribution in [3.63, 3.8) is 0 Å². The summed E-state index contributed by atoms with van der Waals surface area (Å²) in [6, 6.07) is 5.15. The first-order valence-electron chi connectivity index (χ1n) is 3.15. The number of aryl methyl sites for hydroxylation is 1. The Balaban J connectivity index is 3.14. The third-order valence-electron chi connectivity index (χ3n) is 1.41. The van der Waals surface area contributed by atoms with Crippen LogP contribution in [-0.4, -0.2) is 0 Å². The minimum atomic E-state index is 0.596. The normalized spacial score (nSPS) is 8.82. The van der Waals surface area contributed by atoms with Gasteiger partial charge < -0.3 is 5.73 Å². The smallest absolute Gasteiger partial charge is 0.0379 e. The lowest BCUT2D eigenvalue weighted by atomic mass is 10.2. The molecule has 1 rings (SSSR count). The average Bonchev–Trinajstić information content (AvgIpc) is 1.98. The number of nitrogens with two attached hydrogens (primary N) is 1. The van der Waals surface area contributed by atoms with Crippen LogP contribution in [0.3, 0.4) is 0 Å². The predicted octanol–water partition coefficient (Wildman–Crippen LogP) is 2.52. The van der Waals surface area contributed by atoms with Gasteiger partial charge in [0.1, 0.15) is 0 Å². The van der Waals surface area contributed by atoms with E-state index in [-0.39, 0.29) is 0 Å². The minimum Gasteiger partial charge on any atom is -0.399 e. The fourth-order valence-corrected chi connectivity index (χ4v) is 0.774. The number of azide groups is 1. The lowest BCUT2D eigenvalue weighted by molar-refractivity contribution is 1.41. The fourth-order valence-electron chi connectivity index (χ4n) is 0.774. The van der Waals surface area contributed by atoms with E-state index in [1.54, 1.807) is 18.2 Å². The zero-order chi connectivity index (χ0) is 8.27.